The standard InChI is InChI=1S/C17H18ClN3O8S2/c1-28-16-5-2-12(10-17(16)31(26,27)20-6-8-29-9-7-20)19-30(24,25)13-3-4-14(18)15(11-13)21(22)23/h2-5,10-11,19H,6-9H2,1H3. The van der Waals surface area contributed by atoms with E-state index in [1.54, 1.807) is 0 Å². The largest absolute Gasteiger partial charge is 0.495 e. The Morgan fingerprint density at radius 3 is 2.42 bits per heavy atom. The number of hydrogen-bond donors (Lipinski definition) is 1. The average molecular weight is 492 g/mol. The minimum absolute atomic E-state index is 0.0385. The number of benzene rings is 2. The van der Waals surface area contributed by atoms with Crippen LogP contribution >= 0.6 is 11.6 Å². The third-order valence-electron chi connectivity index (χ3n) is 4.43. The molecular formula is C17H18ClN3O8S2. The van der Waals surface area contributed by atoms with Crippen molar-refractivity contribution in [1.29, 1.82) is 0 Å². The van der Waals surface area contributed by atoms with Crippen LogP contribution in [0, 0.1) is 10.1 Å². The number of sulfonamides is 2. The van der Waals surface area contributed by atoms with Gasteiger partial charge in [0.1, 0.15) is 15.7 Å². The van der Waals surface area contributed by atoms with Crippen LogP contribution in [0.15, 0.2) is 46.2 Å². The van der Waals surface area contributed by atoms with E-state index in [4.69, 9.17) is 21.1 Å². The fourth-order valence-electron chi connectivity index (χ4n) is 2.88. The molecule has 168 valence electrons. The second-order valence-electron chi connectivity index (χ2n) is 6.36. The van der Waals surface area contributed by atoms with Gasteiger partial charge in [0, 0.05) is 19.2 Å². The predicted octanol–water partition coefficient (Wildman–Crippen LogP) is 2.08. The minimum Gasteiger partial charge on any atom is -0.495 e. The first-order valence-corrected chi connectivity index (χ1v) is 12.1. The Morgan fingerprint density at radius 1 is 1.13 bits per heavy atom. The molecule has 1 aliphatic rings. The lowest BCUT2D eigenvalue weighted by molar-refractivity contribution is -0.384. The molecule has 0 atom stereocenters. The van der Waals surface area contributed by atoms with Crippen LogP contribution < -0.4 is 9.46 Å². The number of anilines is 1. The van der Waals surface area contributed by atoms with Crippen molar-refractivity contribution < 1.29 is 31.2 Å². The van der Waals surface area contributed by atoms with Gasteiger partial charge in [-0.3, -0.25) is 14.8 Å². The molecular weight excluding hydrogens is 474 g/mol. The smallest absolute Gasteiger partial charge is 0.289 e. The first-order chi connectivity index (χ1) is 14.6. The van der Waals surface area contributed by atoms with Gasteiger partial charge in [0.05, 0.1) is 35.8 Å². The minimum atomic E-state index is -4.28. The summed E-state index contributed by atoms with van der Waals surface area (Å²) in [6.45, 7) is 0.776. The molecule has 14 heteroatoms. The summed E-state index contributed by atoms with van der Waals surface area (Å²) in [5.74, 6) is 0.0385. The summed E-state index contributed by atoms with van der Waals surface area (Å²) < 4.78 is 65.3. The van der Waals surface area contributed by atoms with Crippen molar-refractivity contribution in [3.63, 3.8) is 0 Å². The van der Waals surface area contributed by atoms with E-state index in [1.807, 2.05) is 0 Å². The first-order valence-electron chi connectivity index (χ1n) is 8.79. The zero-order chi connectivity index (χ0) is 22.8. The number of nitrogens with zero attached hydrogens (tertiary/aromatic N) is 2. The number of morpholine rings is 1. The van der Waals surface area contributed by atoms with Crippen LogP contribution in [0.2, 0.25) is 5.02 Å². The molecule has 0 radical (unpaired) electrons. The highest BCUT2D eigenvalue weighted by Gasteiger charge is 2.30. The van der Waals surface area contributed by atoms with E-state index in [2.05, 4.69) is 4.72 Å². The lowest BCUT2D eigenvalue weighted by atomic mass is 10.3. The maximum Gasteiger partial charge on any atom is 0.289 e. The zero-order valence-corrected chi connectivity index (χ0v) is 18.5. The Kier molecular flexibility index (Phi) is 6.71. The number of rotatable bonds is 7. The molecule has 1 saturated heterocycles. The average Bonchev–Trinajstić information content (AvgIpc) is 2.74. The second kappa shape index (κ2) is 8.96. The van der Waals surface area contributed by atoms with E-state index in [-0.39, 0.29) is 47.7 Å². The highest BCUT2D eigenvalue weighted by Crippen LogP contribution is 2.32. The van der Waals surface area contributed by atoms with Crippen LogP contribution in [-0.2, 0) is 24.8 Å². The molecule has 1 heterocycles. The van der Waals surface area contributed by atoms with E-state index in [0.717, 1.165) is 24.3 Å². The molecule has 0 saturated carbocycles. The molecule has 0 unspecified atom stereocenters. The molecule has 3 rings (SSSR count). The van der Waals surface area contributed by atoms with Crippen molar-refractivity contribution in [3.05, 3.63) is 51.5 Å². The maximum absolute atomic E-state index is 13.0. The molecule has 11 nitrogen and oxygen atoms in total. The third-order valence-corrected chi connectivity index (χ3v) is 8.05. The van der Waals surface area contributed by atoms with E-state index < -0.39 is 35.6 Å². The summed E-state index contributed by atoms with van der Waals surface area (Å²) in [5.41, 5.74) is -0.639. The molecule has 0 amide bonds. The quantitative estimate of drug-likeness (QED) is 0.457. The maximum atomic E-state index is 13.0. The third kappa shape index (κ3) is 4.91. The number of nitro benzene ring substituents is 1. The molecule has 1 N–H and O–H groups in total. The van der Waals surface area contributed by atoms with E-state index in [1.165, 1.54) is 23.5 Å². The summed E-state index contributed by atoms with van der Waals surface area (Å²) in [5, 5.41) is 10.8. The molecule has 1 fully saturated rings. The Morgan fingerprint density at radius 2 is 1.81 bits per heavy atom. The van der Waals surface area contributed by atoms with Crippen LogP contribution in [0.25, 0.3) is 0 Å². The van der Waals surface area contributed by atoms with Crippen molar-refractivity contribution in [2.75, 3.05) is 38.1 Å². The van der Waals surface area contributed by atoms with Gasteiger partial charge >= 0.3 is 0 Å². The van der Waals surface area contributed by atoms with Crippen LogP contribution in [0.5, 0.6) is 5.75 Å². The lowest BCUT2D eigenvalue weighted by Gasteiger charge is -2.26. The van der Waals surface area contributed by atoms with Gasteiger partial charge in [-0.15, -0.1) is 0 Å². The highest BCUT2D eigenvalue weighted by molar-refractivity contribution is 7.92. The van der Waals surface area contributed by atoms with Gasteiger partial charge in [0.25, 0.3) is 15.7 Å². The first kappa shape index (κ1) is 23.2. The number of nitrogens with one attached hydrogen (secondary N) is 1. The van der Waals surface area contributed by atoms with Crippen molar-refractivity contribution in [1.82, 2.24) is 4.31 Å². The molecule has 0 spiro atoms. The number of ether oxygens (including phenoxy) is 2. The van der Waals surface area contributed by atoms with E-state index >= 15 is 0 Å². The fourth-order valence-corrected chi connectivity index (χ4v) is 5.73. The molecule has 0 aromatic heterocycles. The molecule has 31 heavy (non-hydrogen) atoms. The van der Waals surface area contributed by atoms with Crippen LogP contribution in [-0.4, -0.2) is 59.5 Å². The van der Waals surface area contributed by atoms with Gasteiger partial charge in [0.2, 0.25) is 10.0 Å². The van der Waals surface area contributed by atoms with Crippen LogP contribution in [0.3, 0.4) is 0 Å². The van der Waals surface area contributed by atoms with Gasteiger partial charge in [-0.05, 0) is 30.3 Å². The van der Waals surface area contributed by atoms with E-state index in [0.29, 0.717) is 0 Å². The summed E-state index contributed by atoms with van der Waals surface area (Å²) in [6, 6.07) is 6.78. The monoisotopic (exact) mass is 491 g/mol. The van der Waals surface area contributed by atoms with Gasteiger partial charge in [-0.2, -0.15) is 4.31 Å². The van der Waals surface area contributed by atoms with Gasteiger partial charge in [-0.25, -0.2) is 16.8 Å². The summed E-state index contributed by atoms with van der Waals surface area (Å²) in [7, 11) is -6.96. The van der Waals surface area contributed by atoms with Crippen LogP contribution in [0.1, 0.15) is 0 Å². The Bertz CT molecular complexity index is 1210. The molecule has 0 aliphatic carbocycles. The number of halogens is 1. The van der Waals surface area contributed by atoms with E-state index in [9.17, 15) is 26.9 Å². The Labute approximate surface area is 183 Å². The van der Waals surface area contributed by atoms with Crippen molar-refractivity contribution >= 4 is 43.0 Å². The Hall–Kier alpha value is -2.45. The highest BCUT2D eigenvalue weighted by atomic mass is 35.5. The summed E-state index contributed by atoms with van der Waals surface area (Å²) >= 11 is 5.73. The molecule has 2 aromatic rings. The van der Waals surface area contributed by atoms with Gasteiger partial charge in [0.15, 0.2) is 0 Å². The number of hydrogen-bond acceptors (Lipinski definition) is 8. The van der Waals surface area contributed by atoms with Crippen molar-refractivity contribution in [3.8, 4) is 5.75 Å². The second-order valence-corrected chi connectivity index (χ2v) is 10.4. The Balaban J connectivity index is 1.98. The zero-order valence-electron chi connectivity index (χ0n) is 16.1. The van der Waals surface area contributed by atoms with Crippen LogP contribution in [0.4, 0.5) is 11.4 Å². The van der Waals surface area contributed by atoms with Gasteiger partial charge < -0.3 is 9.47 Å². The predicted molar refractivity (Wildman–Crippen MR) is 111 cm³/mol. The molecule has 0 bridgehead atoms. The topological polar surface area (TPSA) is 145 Å². The summed E-state index contributed by atoms with van der Waals surface area (Å²) in [6.07, 6.45) is 0. The fraction of sp³-hybridized carbons (Fsp3) is 0.294. The van der Waals surface area contributed by atoms with Crippen molar-refractivity contribution in [2.45, 2.75) is 9.79 Å². The lowest BCUT2D eigenvalue weighted by Crippen LogP contribution is -2.40. The SMILES string of the molecule is COc1ccc(NS(=O)(=O)c2ccc(Cl)c([N+](=O)[O-])c2)cc1S(=O)(=O)N1CCOCC1. The summed E-state index contributed by atoms with van der Waals surface area (Å²) in [4.78, 5) is 9.61. The number of methoxy groups -OCH3 is 1. The normalized spacial score (nSPS) is 15.4. The molecule has 2 aromatic carbocycles. The molecule has 1 aliphatic heterocycles. The van der Waals surface area contributed by atoms with Gasteiger partial charge in [-0.1, -0.05) is 11.6 Å². The number of nitro groups is 1. The van der Waals surface area contributed by atoms with Crippen molar-refractivity contribution in [2.24, 2.45) is 0 Å².